The summed E-state index contributed by atoms with van der Waals surface area (Å²) in [6.07, 6.45) is 0. The predicted octanol–water partition coefficient (Wildman–Crippen LogP) is 4.99. The fourth-order valence-corrected chi connectivity index (χ4v) is 3.67. The molecule has 1 heterocycles. The molecule has 0 aliphatic heterocycles. The van der Waals surface area contributed by atoms with Gasteiger partial charge in [-0.3, -0.25) is 10.1 Å². The van der Waals surface area contributed by atoms with E-state index < -0.39 is 0 Å². The van der Waals surface area contributed by atoms with Crippen molar-refractivity contribution in [3.63, 3.8) is 0 Å². The summed E-state index contributed by atoms with van der Waals surface area (Å²) in [5.41, 5.74) is 3.06. The van der Waals surface area contributed by atoms with Gasteiger partial charge in [0.15, 0.2) is 11.7 Å². The molecule has 1 aromatic heterocycles. The van der Waals surface area contributed by atoms with Gasteiger partial charge in [-0.05, 0) is 41.5 Å². The van der Waals surface area contributed by atoms with Gasteiger partial charge in [0.1, 0.15) is 11.5 Å². The lowest BCUT2D eigenvalue weighted by Crippen LogP contribution is -2.19. The van der Waals surface area contributed by atoms with Gasteiger partial charge in [0, 0.05) is 0 Å². The zero-order valence-corrected chi connectivity index (χ0v) is 16.0. The summed E-state index contributed by atoms with van der Waals surface area (Å²) in [5, 5.41) is 3.32. The third kappa shape index (κ3) is 4.13. The van der Waals surface area contributed by atoms with Crippen molar-refractivity contribution in [2.75, 3.05) is 19.0 Å². The minimum Gasteiger partial charge on any atom is -0.497 e. The number of hydrogen-bond donors (Lipinski definition) is 1. The van der Waals surface area contributed by atoms with Gasteiger partial charge in [0.25, 0.3) is 5.91 Å². The van der Waals surface area contributed by atoms with E-state index in [1.54, 1.807) is 7.11 Å². The number of methoxy groups -OCH3 is 1. The molecule has 1 amide bonds. The Morgan fingerprint density at radius 3 is 2.43 bits per heavy atom. The molecule has 0 aliphatic rings. The summed E-state index contributed by atoms with van der Waals surface area (Å²) in [5.74, 6) is 1.15. The number of ether oxygens (including phenoxy) is 2. The summed E-state index contributed by atoms with van der Waals surface area (Å²) in [7, 11) is 1.62. The average molecular weight is 390 g/mol. The SMILES string of the molecule is COc1ccc2nc(NC(=O)COc3ccc(-c4ccccc4)cc3)sc2c1. The van der Waals surface area contributed by atoms with Crippen LogP contribution in [0.2, 0.25) is 0 Å². The van der Waals surface area contributed by atoms with Gasteiger partial charge >= 0.3 is 0 Å². The number of carbonyl (C=O) groups is 1. The van der Waals surface area contributed by atoms with E-state index in [1.807, 2.05) is 60.7 Å². The van der Waals surface area contributed by atoms with Gasteiger partial charge in [-0.25, -0.2) is 4.98 Å². The van der Waals surface area contributed by atoms with Crippen molar-refractivity contribution in [1.29, 1.82) is 0 Å². The van der Waals surface area contributed by atoms with Crippen LogP contribution in [0.1, 0.15) is 0 Å². The van der Waals surface area contributed by atoms with E-state index in [-0.39, 0.29) is 12.5 Å². The first kappa shape index (κ1) is 18.0. The van der Waals surface area contributed by atoms with Crippen LogP contribution in [0.25, 0.3) is 21.3 Å². The van der Waals surface area contributed by atoms with Gasteiger partial charge in [0.05, 0.1) is 17.3 Å². The Morgan fingerprint density at radius 1 is 0.964 bits per heavy atom. The van der Waals surface area contributed by atoms with Crippen molar-refractivity contribution in [3.05, 3.63) is 72.8 Å². The Hall–Kier alpha value is -3.38. The highest BCUT2D eigenvalue weighted by molar-refractivity contribution is 7.22. The maximum atomic E-state index is 12.2. The molecule has 0 fully saturated rings. The van der Waals surface area contributed by atoms with E-state index in [0.29, 0.717) is 10.9 Å². The molecule has 140 valence electrons. The molecule has 28 heavy (non-hydrogen) atoms. The second-order valence-corrected chi connectivity index (χ2v) is 7.11. The minimum atomic E-state index is -0.252. The van der Waals surface area contributed by atoms with Crippen molar-refractivity contribution >= 4 is 32.6 Å². The molecule has 6 heteroatoms. The largest absolute Gasteiger partial charge is 0.497 e. The standard InChI is InChI=1S/C22H18N2O3S/c1-26-18-11-12-19-20(13-18)28-22(23-19)24-21(25)14-27-17-9-7-16(8-10-17)15-5-3-2-4-6-15/h2-13H,14H2,1H3,(H,23,24,25). The van der Waals surface area contributed by atoms with Gasteiger partial charge in [0.2, 0.25) is 0 Å². The van der Waals surface area contributed by atoms with E-state index in [0.717, 1.165) is 27.1 Å². The summed E-state index contributed by atoms with van der Waals surface area (Å²) >= 11 is 1.40. The first-order valence-electron chi connectivity index (χ1n) is 8.74. The number of amides is 1. The predicted molar refractivity (Wildman–Crippen MR) is 112 cm³/mol. The van der Waals surface area contributed by atoms with Crippen LogP contribution in [-0.2, 0) is 4.79 Å². The van der Waals surface area contributed by atoms with E-state index >= 15 is 0 Å². The second-order valence-electron chi connectivity index (χ2n) is 6.08. The van der Waals surface area contributed by atoms with Gasteiger partial charge < -0.3 is 9.47 Å². The lowest BCUT2D eigenvalue weighted by atomic mass is 10.1. The van der Waals surface area contributed by atoms with Gasteiger partial charge in [-0.15, -0.1) is 0 Å². The van der Waals surface area contributed by atoms with Crippen molar-refractivity contribution in [2.45, 2.75) is 0 Å². The zero-order valence-electron chi connectivity index (χ0n) is 15.2. The number of nitrogens with zero attached hydrogens (tertiary/aromatic N) is 1. The van der Waals surface area contributed by atoms with Crippen molar-refractivity contribution in [1.82, 2.24) is 4.98 Å². The van der Waals surface area contributed by atoms with Crippen LogP contribution in [-0.4, -0.2) is 24.6 Å². The highest BCUT2D eigenvalue weighted by Crippen LogP contribution is 2.29. The summed E-state index contributed by atoms with van der Waals surface area (Å²) < 4.78 is 11.7. The molecule has 0 saturated heterocycles. The highest BCUT2D eigenvalue weighted by atomic mass is 32.1. The van der Waals surface area contributed by atoms with Crippen LogP contribution in [0.3, 0.4) is 0 Å². The number of rotatable bonds is 6. The average Bonchev–Trinajstić information content (AvgIpc) is 3.14. The number of nitrogens with one attached hydrogen (secondary N) is 1. The van der Waals surface area contributed by atoms with E-state index in [4.69, 9.17) is 9.47 Å². The Morgan fingerprint density at radius 2 is 1.68 bits per heavy atom. The maximum Gasteiger partial charge on any atom is 0.264 e. The molecule has 5 nitrogen and oxygen atoms in total. The van der Waals surface area contributed by atoms with Crippen LogP contribution < -0.4 is 14.8 Å². The molecule has 1 N–H and O–H groups in total. The molecular weight excluding hydrogens is 372 g/mol. The number of anilines is 1. The lowest BCUT2D eigenvalue weighted by molar-refractivity contribution is -0.118. The number of aromatic nitrogens is 1. The first-order chi connectivity index (χ1) is 13.7. The highest BCUT2D eigenvalue weighted by Gasteiger charge is 2.09. The van der Waals surface area contributed by atoms with Crippen molar-refractivity contribution in [3.8, 4) is 22.6 Å². The van der Waals surface area contributed by atoms with Crippen LogP contribution in [0.15, 0.2) is 72.8 Å². The van der Waals surface area contributed by atoms with Crippen molar-refractivity contribution < 1.29 is 14.3 Å². The number of benzene rings is 3. The number of thiazole rings is 1. The molecule has 0 spiro atoms. The van der Waals surface area contributed by atoms with Crippen LogP contribution >= 0.6 is 11.3 Å². The second kappa shape index (κ2) is 8.10. The zero-order chi connectivity index (χ0) is 19.3. The number of hydrogen-bond acceptors (Lipinski definition) is 5. The normalized spacial score (nSPS) is 10.6. The van der Waals surface area contributed by atoms with Crippen LogP contribution in [0.4, 0.5) is 5.13 Å². The van der Waals surface area contributed by atoms with Crippen molar-refractivity contribution in [2.24, 2.45) is 0 Å². The Labute approximate surface area is 166 Å². The molecular formula is C22H18N2O3S. The fourth-order valence-electron chi connectivity index (χ4n) is 2.76. The number of carbonyl (C=O) groups excluding carboxylic acids is 1. The molecule has 0 radical (unpaired) electrons. The Balaban J connectivity index is 1.35. The molecule has 0 aliphatic carbocycles. The smallest absolute Gasteiger partial charge is 0.264 e. The molecule has 4 rings (SSSR count). The molecule has 4 aromatic rings. The van der Waals surface area contributed by atoms with Crippen LogP contribution in [0.5, 0.6) is 11.5 Å². The molecule has 3 aromatic carbocycles. The summed E-state index contributed by atoms with van der Waals surface area (Å²) in [6.45, 7) is -0.0794. The van der Waals surface area contributed by atoms with Gasteiger partial charge in [-0.1, -0.05) is 53.8 Å². The quantitative estimate of drug-likeness (QED) is 0.504. The van der Waals surface area contributed by atoms with E-state index in [1.165, 1.54) is 11.3 Å². The maximum absolute atomic E-state index is 12.2. The summed E-state index contributed by atoms with van der Waals surface area (Å²) in [4.78, 5) is 16.6. The van der Waals surface area contributed by atoms with E-state index in [2.05, 4.69) is 22.4 Å². The summed E-state index contributed by atoms with van der Waals surface area (Å²) in [6, 6.07) is 23.4. The molecule has 0 atom stereocenters. The van der Waals surface area contributed by atoms with E-state index in [9.17, 15) is 4.79 Å². The lowest BCUT2D eigenvalue weighted by Gasteiger charge is -2.07. The fraction of sp³-hybridized carbons (Fsp3) is 0.0909. The number of fused-ring (bicyclic) bond motifs is 1. The molecule has 0 bridgehead atoms. The first-order valence-corrected chi connectivity index (χ1v) is 9.55. The minimum absolute atomic E-state index is 0.0794. The Kier molecular flexibility index (Phi) is 5.21. The Bertz CT molecular complexity index is 1090. The third-order valence-corrected chi connectivity index (χ3v) is 5.11. The topological polar surface area (TPSA) is 60.5 Å². The molecule has 0 saturated carbocycles. The van der Waals surface area contributed by atoms with Gasteiger partial charge in [-0.2, -0.15) is 0 Å². The monoisotopic (exact) mass is 390 g/mol. The molecule has 0 unspecified atom stereocenters. The third-order valence-electron chi connectivity index (χ3n) is 4.17. The van der Waals surface area contributed by atoms with Crippen LogP contribution in [0, 0.1) is 0 Å².